The topological polar surface area (TPSA) is 94.5 Å². The molecule has 0 unspecified atom stereocenters. The van der Waals surface area contributed by atoms with Gasteiger partial charge in [-0.15, -0.1) is 0 Å². The molecule has 0 atom stereocenters. The molecule has 1 saturated carbocycles. The van der Waals surface area contributed by atoms with Gasteiger partial charge in [0.25, 0.3) is 0 Å². The van der Waals surface area contributed by atoms with E-state index >= 15 is 0 Å². The van der Waals surface area contributed by atoms with E-state index in [1.165, 1.54) is 12.1 Å². The summed E-state index contributed by atoms with van der Waals surface area (Å²) in [6.07, 6.45) is 2.06. The summed E-state index contributed by atoms with van der Waals surface area (Å²) in [4.78, 5) is 17.6. The Labute approximate surface area is 164 Å². The first-order chi connectivity index (χ1) is 13.6. The standard InChI is InChI=1S/C19H15ClFN7/c20-11-3-6-13(7-4-11)23-18-25-17(22)26-19(27-18)28-15-8-5-12(21)9-14(15)24-16(28)10-1-2-10/h3-10H,1-2H2,(H3,22,23,25,26,27). The van der Waals surface area contributed by atoms with E-state index < -0.39 is 0 Å². The minimum absolute atomic E-state index is 0.0761. The highest BCUT2D eigenvalue weighted by Gasteiger charge is 2.31. The number of hydrogen-bond donors (Lipinski definition) is 2. The summed E-state index contributed by atoms with van der Waals surface area (Å²) in [5.41, 5.74) is 7.99. The first-order valence-electron chi connectivity index (χ1n) is 8.79. The van der Waals surface area contributed by atoms with E-state index in [4.69, 9.17) is 17.3 Å². The van der Waals surface area contributed by atoms with E-state index in [1.54, 1.807) is 18.2 Å². The van der Waals surface area contributed by atoms with Crippen molar-refractivity contribution in [3.63, 3.8) is 0 Å². The Morgan fingerprint density at radius 1 is 1.04 bits per heavy atom. The zero-order chi connectivity index (χ0) is 19.3. The summed E-state index contributed by atoms with van der Waals surface area (Å²) < 4.78 is 15.5. The van der Waals surface area contributed by atoms with Crippen LogP contribution in [0.3, 0.4) is 0 Å². The van der Waals surface area contributed by atoms with Gasteiger partial charge in [-0.05, 0) is 49.2 Å². The minimum Gasteiger partial charge on any atom is -0.368 e. The first kappa shape index (κ1) is 16.9. The van der Waals surface area contributed by atoms with Gasteiger partial charge >= 0.3 is 0 Å². The molecule has 4 aromatic rings. The number of halogens is 2. The number of hydrogen-bond acceptors (Lipinski definition) is 6. The van der Waals surface area contributed by atoms with E-state index in [2.05, 4.69) is 25.3 Å². The molecule has 0 amide bonds. The third-order valence-electron chi connectivity index (χ3n) is 4.53. The predicted octanol–water partition coefficient (Wildman–Crippen LogP) is 4.21. The van der Waals surface area contributed by atoms with Crippen LogP contribution in [-0.2, 0) is 0 Å². The van der Waals surface area contributed by atoms with Crippen molar-refractivity contribution in [1.82, 2.24) is 24.5 Å². The molecule has 7 nitrogen and oxygen atoms in total. The van der Waals surface area contributed by atoms with Crippen LogP contribution in [0, 0.1) is 5.82 Å². The van der Waals surface area contributed by atoms with Gasteiger partial charge in [-0.2, -0.15) is 15.0 Å². The predicted molar refractivity (Wildman–Crippen MR) is 106 cm³/mol. The lowest BCUT2D eigenvalue weighted by atomic mass is 10.3. The molecule has 1 aliphatic rings. The molecule has 0 saturated heterocycles. The number of imidazole rings is 1. The third kappa shape index (κ3) is 3.11. The molecule has 9 heteroatoms. The molecular weight excluding hydrogens is 381 g/mol. The maximum atomic E-state index is 13.7. The maximum Gasteiger partial charge on any atom is 0.242 e. The second kappa shape index (κ2) is 6.42. The number of anilines is 3. The first-order valence-corrected chi connectivity index (χ1v) is 9.17. The molecule has 1 aliphatic carbocycles. The minimum atomic E-state index is -0.334. The molecule has 140 valence electrons. The van der Waals surface area contributed by atoms with Crippen LogP contribution in [0.15, 0.2) is 42.5 Å². The molecular formula is C19H15ClFN7. The lowest BCUT2D eigenvalue weighted by Crippen LogP contribution is -2.11. The molecule has 3 N–H and O–H groups in total. The molecule has 5 rings (SSSR count). The fraction of sp³-hybridized carbons (Fsp3) is 0.158. The van der Waals surface area contributed by atoms with Crippen molar-refractivity contribution in [2.24, 2.45) is 0 Å². The van der Waals surface area contributed by atoms with Gasteiger partial charge in [0, 0.05) is 22.7 Å². The SMILES string of the molecule is Nc1nc(Nc2ccc(Cl)cc2)nc(-n2c(C3CC3)nc3cc(F)ccc32)n1. The van der Waals surface area contributed by atoms with Gasteiger partial charge in [0.1, 0.15) is 11.6 Å². The van der Waals surface area contributed by atoms with E-state index in [1.807, 2.05) is 16.7 Å². The van der Waals surface area contributed by atoms with Gasteiger partial charge in [-0.1, -0.05) is 11.6 Å². The summed E-state index contributed by atoms with van der Waals surface area (Å²) in [5, 5.41) is 3.73. The smallest absolute Gasteiger partial charge is 0.242 e. The van der Waals surface area contributed by atoms with Gasteiger partial charge in [-0.25, -0.2) is 9.37 Å². The van der Waals surface area contributed by atoms with Crippen molar-refractivity contribution < 1.29 is 4.39 Å². The molecule has 2 aromatic heterocycles. The second-order valence-electron chi connectivity index (χ2n) is 6.66. The molecule has 0 radical (unpaired) electrons. The molecule has 2 heterocycles. The van der Waals surface area contributed by atoms with Crippen LogP contribution in [0.25, 0.3) is 17.0 Å². The summed E-state index contributed by atoms with van der Waals surface area (Å²) >= 11 is 5.93. The van der Waals surface area contributed by atoms with Gasteiger partial charge in [-0.3, -0.25) is 4.57 Å². The summed E-state index contributed by atoms with van der Waals surface area (Å²) in [6, 6.07) is 11.6. The maximum absolute atomic E-state index is 13.7. The van der Waals surface area contributed by atoms with Crippen LogP contribution < -0.4 is 11.1 Å². The number of benzene rings is 2. The summed E-state index contributed by atoms with van der Waals surface area (Å²) in [5.74, 6) is 1.51. The molecule has 0 bridgehead atoms. The fourth-order valence-corrected chi connectivity index (χ4v) is 3.22. The van der Waals surface area contributed by atoms with Crippen molar-refractivity contribution in [3.8, 4) is 5.95 Å². The molecule has 0 spiro atoms. The highest BCUT2D eigenvalue weighted by atomic mass is 35.5. The van der Waals surface area contributed by atoms with Crippen molar-refractivity contribution in [2.75, 3.05) is 11.1 Å². The Hall–Kier alpha value is -3.26. The number of aromatic nitrogens is 5. The number of nitrogens with one attached hydrogen (secondary N) is 1. The normalized spacial score (nSPS) is 13.8. The van der Waals surface area contributed by atoms with Gasteiger partial charge in [0.05, 0.1) is 11.0 Å². The van der Waals surface area contributed by atoms with Gasteiger partial charge < -0.3 is 11.1 Å². The molecule has 1 fully saturated rings. The highest BCUT2D eigenvalue weighted by Crippen LogP contribution is 2.41. The Balaban J connectivity index is 1.62. The van der Waals surface area contributed by atoms with Crippen LogP contribution >= 0.6 is 11.6 Å². The van der Waals surface area contributed by atoms with E-state index in [9.17, 15) is 4.39 Å². The van der Waals surface area contributed by atoms with Gasteiger partial charge in [0.2, 0.25) is 17.8 Å². The van der Waals surface area contributed by atoms with Crippen molar-refractivity contribution >= 4 is 40.2 Å². The number of nitrogen functional groups attached to an aromatic ring is 1. The van der Waals surface area contributed by atoms with Crippen molar-refractivity contribution in [3.05, 3.63) is 59.1 Å². The fourth-order valence-electron chi connectivity index (χ4n) is 3.10. The second-order valence-corrected chi connectivity index (χ2v) is 7.10. The van der Waals surface area contributed by atoms with Crippen molar-refractivity contribution in [1.29, 1.82) is 0 Å². The molecule has 2 aromatic carbocycles. The van der Waals surface area contributed by atoms with Crippen LogP contribution in [-0.4, -0.2) is 24.5 Å². The Bertz CT molecular complexity index is 1190. The number of fused-ring (bicyclic) bond motifs is 1. The van der Waals surface area contributed by atoms with Gasteiger partial charge in [0.15, 0.2) is 0 Å². The number of rotatable bonds is 4. The zero-order valence-electron chi connectivity index (χ0n) is 14.6. The van der Waals surface area contributed by atoms with Crippen molar-refractivity contribution in [2.45, 2.75) is 18.8 Å². The van der Waals surface area contributed by atoms with E-state index in [-0.39, 0.29) is 11.8 Å². The quantitative estimate of drug-likeness (QED) is 0.537. The zero-order valence-corrected chi connectivity index (χ0v) is 15.4. The Morgan fingerprint density at radius 2 is 1.82 bits per heavy atom. The largest absolute Gasteiger partial charge is 0.368 e. The van der Waals surface area contributed by atoms with Crippen LogP contribution in [0.1, 0.15) is 24.6 Å². The lowest BCUT2D eigenvalue weighted by Gasteiger charge is -2.10. The molecule has 28 heavy (non-hydrogen) atoms. The number of nitrogens with two attached hydrogens (primary N) is 1. The van der Waals surface area contributed by atoms with E-state index in [0.717, 1.165) is 29.9 Å². The van der Waals surface area contributed by atoms with E-state index in [0.29, 0.717) is 28.4 Å². The third-order valence-corrected chi connectivity index (χ3v) is 4.78. The Kier molecular flexibility index (Phi) is 3.87. The molecule has 0 aliphatic heterocycles. The summed E-state index contributed by atoms with van der Waals surface area (Å²) in [7, 11) is 0. The monoisotopic (exact) mass is 395 g/mol. The van der Waals surface area contributed by atoms with Crippen LogP contribution in [0.4, 0.5) is 22.0 Å². The van der Waals surface area contributed by atoms with Crippen LogP contribution in [0.2, 0.25) is 5.02 Å². The summed E-state index contributed by atoms with van der Waals surface area (Å²) in [6.45, 7) is 0. The number of nitrogens with zero attached hydrogens (tertiary/aromatic N) is 5. The average Bonchev–Trinajstić information content (AvgIpc) is 3.44. The highest BCUT2D eigenvalue weighted by molar-refractivity contribution is 6.30. The van der Waals surface area contributed by atoms with Crippen LogP contribution in [0.5, 0.6) is 0 Å². The average molecular weight is 396 g/mol. The lowest BCUT2D eigenvalue weighted by molar-refractivity contribution is 0.629. The Morgan fingerprint density at radius 3 is 2.57 bits per heavy atom.